The van der Waals surface area contributed by atoms with E-state index in [1.54, 1.807) is 18.2 Å². The number of sulfone groups is 1. The molecule has 1 aromatic carbocycles. The molecule has 0 spiro atoms. The highest BCUT2D eigenvalue weighted by molar-refractivity contribution is 8.26. The molecule has 0 aliphatic carbocycles. The van der Waals surface area contributed by atoms with Gasteiger partial charge in [-0.2, -0.15) is 0 Å². The van der Waals surface area contributed by atoms with Gasteiger partial charge < -0.3 is 9.15 Å². The summed E-state index contributed by atoms with van der Waals surface area (Å²) >= 11 is 6.30. The van der Waals surface area contributed by atoms with Gasteiger partial charge in [0.15, 0.2) is 9.84 Å². The number of rotatable bonds is 4. The fourth-order valence-electron chi connectivity index (χ4n) is 3.33. The number of thiocarbonyl (C=S) groups is 1. The molecule has 12 heteroatoms. The molecule has 4 rings (SSSR count). The highest BCUT2D eigenvalue weighted by atomic mass is 32.2. The summed E-state index contributed by atoms with van der Waals surface area (Å²) in [5.41, 5.74) is 0.366. The summed E-state index contributed by atoms with van der Waals surface area (Å²) in [4.78, 5) is 14.4. The number of alkyl halides is 3. The summed E-state index contributed by atoms with van der Waals surface area (Å²) in [6.45, 7) is 0. The van der Waals surface area contributed by atoms with E-state index in [4.69, 9.17) is 16.6 Å². The Kier molecular flexibility index (Phi) is 5.64. The van der Waals surface area contributed by atoms with Gasteiger partial charge in [0.1, 0.15) is 21.6 Å². The normalized spacial score (nSPS) is 22.5. The van der Waals surface area contributed by atoms with E-state index in [1.165, 1.54) is 29.2 Å². The Hall–Kier alpha value is -2.31. The zero-order valence-corrected chi connectivity index (χ0v) is 18.0. The molecule has 2 aliphatic heterocycles. The molecular weight excluding hydrogens is 475 g/mol. The predicted molar refractivity (Wildman–Crippen MR) is 113 cm³/mol. The third-order valence-corrected chi connectivity index (χ3v) is 7.73. The molecule has 0 saturated carbocycles. The molecule has 3 heterocycles. The Morgan fingerprint density at radius 1 is 1.26 bits per heavy atom. The molecule has 2 fully saturated rings. The molecule has 2 aliphatic rings. The molecule has 0 bridgehead atoms. The van der Waals surface area contributed by atoms with Crippen molar-refractivity contribution in [3.63, 3.8) is 0 Å². The van der Waals surface area contributed by atoms with Gasteiger partial charge in [-0.25, -0.2) is 8.42 Å². The Bertz CT molecular complexity index is 1190. The lowest BCUT2D eigenvalue weighted by Crippen LogP contribution is -2.39. The van der Waals surface area contributed by atoms with Crippen molar-refractivity contribution in [1.82, 2.24) is 4.90 Å². The number of furan rings is 1. The van der Waals surface area contributed by atoms with Gasteiger partial charge in [-0.05, 0) is 30.7 Å². The van der Waals surface area contributed by atoms with Gasteiger partial charge in [0, 0.05) is 11.6 Å². The number of nitrogens with zero attached hydrogens (tertiary/aromatic N) is 1. The van der Waals surface area contributed by atoms with E-state index >= 15 is 0 Å². The maximum Gasteiger partial charge on any atom is 0.573 e. The van der Waals surface area contributed by atoms with Crippen LogP contribution >= 0.6 is 24.0 Å². The van der Waals surface area contributed by atoms with Crippen LogP contribution < -0.4 is 4.74 Å². The van der Waals surface area contributed by atoms with Crippen LogP contribution in [0, 0.1) is 0 Å². The fourth-order valence-corrected chi connectivity index (χ4v) is 6.42. The zero-order valence-electron chi connectivity index (χ0n) is 15.6. The summed E-state index contributed by atoms with van der Waals surface area (Å²) in [7, 11) is -3.18. The molecule has 0 N–H and O–H groups in total. The quantitative estimate of drug-likeness (QED) is 0.470. The predicted octanol–water partition coefficient (Wildman–Crippen LogP) is 4.23. The second-order valence-corrected chi connectivity index (χ2v) is 10.8. The maximum absolute atomic E-state index is 12.8. The number of benzene rings is 1. The fraction of sp³-hybridized carbons (Fsp3) is 0.263. The van der Waals surface area contributed by atoms with Gasteiger partial charge in [0.05, 0.1) is 22.5 Å². The van der Waals surface area contributed by atoms with E-state index < -0.39 is 28.1 Å². The van der Waals surface area contributed by atoms with E-state index in [9.17, 15) is 26.4 Å². The van der Waals surface area contributed by atoms with E-state index in [0.29, 0.717) is 17.7 Å². The Labute approximate surface area is 185 Å². The summed E-state index contributed by atoms with van der Waals surface area (Å²) < 4.78 is 70.6. The Morgan fingerprint density at radius 2 is 2.03 bits per heavy atom. The van der Waals surface area contributed by atoms with E-state index in [2.05, 4.69) is 4.74 Å². The van der Waals surface area contributed by atoms with E-state index in [0.717, 1.165) is 11.8 Å². The molecule has 1 unspecified atom stereocenters. The minimum atomic E-state index is -4.81. The van der Waals surface area contributed by atoms with E-state index in [-0.39, 0.29) is 32.2 Å². The largest absolute Gasteiger partial charge is 0.573 e. The number of hydrogen-bond acceptors (Lipinski definition) is 7. The van der Waals surface area contributed by atoms with Crippen LogP contribution in [-0.4, -0.2) is 47.5 Å². The van der Waals surface area contributed by atoms with Crippen molar-refractivity contribution in [2.45, 2.75) is 18.8 Å². The van der Waals surface area contributed by atoms with Crippen molar-refractivity contribution in [2.75, 3.05) is 11.5 Å². The van der Waals surface area contributed by atoms with Crippen LogP contribution in [0.3, 0.4) is 0 Å². The van der Waals surface area contributed by atoms with Gasteiger partial charge in [0.2, 0.25) is 0 Å². The monoisotopic (exact) mass is 489 g/mol. The third kappa shape index (κ3) is 4.96. The minimum absolute atomic E-state index is 0.0203. The highest BCUT2D eigenvalue weighted by Gasteiger charge is 2.42. The first kappa shape index (κ1) is 21.9. The lowest BCUT2D eigenvalue weighted by molar-refractivity contribution is -0.274. The molecule has 2 saturated heterocycles. The molecule has 0 radical (unpaired) electrons. The minimum Gasteiger partial charge on any atom is -0.457 e. The van der Waals surface area contributed by atoms with Gasteiger partial charge in [-0.1, -0.05) is 36.1 Å². The van der Waals surface area contributed by atoms with Gasteiger partial charge >= 0.3 is 6.36 Å². The number of halogens is 3. The summed E-state index contributed by atoms with van der Waals surface area (Å²) in [6, 6.07) is 7.98. The summed E-state index contributed by atoms with van der Waals surface area (Å²) in [5, 5.41) is 0. The molecule has 1 aromatic heterocycles. The van der Waals surface area contributed by atoms with Crippen molar-refractivity contribution in [3.05, 3.63) is 47.1 Å². The molecule has 6 nitrogen and oxygen atoms in total. The number of hydrogen-bond donors (Lipinski definition) is 0. The highest BCUT2D eigenvalue weighted by Crippen LogP contribution is 2.37. The molecule has 1 atom stereocenters. The van der Waals surface area contributed by atoms with Crippen molar-refractivity contribution < 1.29 is 35.5 Å². The van der Waals surface area contributed by atoms with E-state index in [1.807, 2.05) is 0 Å². The number of carbonyl (C=O) groups excluding carboxylic acids is 1. The summed E-state index contributed by atoms with van der Waals surface area (Å²) in [5.74, 6) is -0.278. The molecular formula is C19H14F3NO5S3. The topological polar surface area (TPSA) is 76.8 Å². The smallest absolute Gasteiger partial charge is 0.457 e. The standard InChI is InChI=1S/C19H14F3NO5S3/c20-19(21,22)28-14-3-1-2-11(8-14)15-5-4-13(27-15)9-16-17(24)23(18(29)30-16)12-6-7-31(25,26)10-12/h1-5,8-9,12H,6-7,10H2/b16-9+. The van der Waals surface area contributed by atoms with Crippen LogP contribution in [0.1, 0.15) is 12.2 Å². The number of thioether (sulfide) groups is 1. The van der Waals surface area contributed by atoms with Crippen LogP contribution in [-0.2, 0) is 14.6 Å². The van der Waals surface area contributed by atoms with Crippen LogP contribution in [0.15, 0.2) is 45.7 Å². The first-order valence-corrected chi connectivity index (χ1v) is 12.0. The summed E-state index contributed by atoms with van der Waals surface area (Å²) in [6.07, 6.45) is -2.99. The zero-order chi connectivity index (χ0) is 22.4. The van der Waals surface area contributed by atoms with Crippen molar-refractivity contribution >= 4 is 50.1 Å². The first-order valence-electron chi connectivity index (χ1n) is 8.94. The van der Waals surface area contributed by atoms with Crippen molar-refractivity contribution in [3.8, 4) is 17.1 Å². The van der Waals surface area contributed by atoms with Gasteiger partial charge in [-0.3, -0.25) is 9.69 Å². The Morgan fingerprint density at radius 3 is 2.71 bits per heavy atom. The van der Waals surface area contributed by atoms with Crippen LogP contribution in [0.4, 0.5) is 13.2 Å². The number of carbonyl (C=O) groups is 1. The number of amides is 1. The second-order valence-electron chi connectivity index (χ2n) is 6.89. The Balaban J connectivity index is 1.53. The maximum atomic E-state index is 12.8. The van der Waals surface area contributed by atoms with Gasteiger partial charge in [-0.15, -0.1) is 13.2 Å². The van der Waals surface area contributed by atoms with Crippen LogP contribution in [0.25, 0.3) is 17.4 Å². The molecule has 1 amide bonds. The lowest BCUT2D eigenvalue weighted by Gasteiger charge is -2.20. The molecule has 164 valence electrons. The van der Waals surface area contributed by atoms with Crippen LogP contribution in [0.5, 0.6) is 5.75 Å². The third-order valence-electron chi connectivity index (χ3n) is 4.65. The van der Waals surface area contributed by atoms with Gasteiger partial charge in [0.25, 0.3) is 5.91 Å². The average molecular weight is 490 g/mol. The lowest BCUT2D eigenvalue weighted by atomic mass is 10.1. The number of ether oxygens (including phenoxy) is 1. The molecule has 2 aromatic rings. The van der Waals surface area contributed by atoms with Crippen LogP contribution in [0.2, 0.25) is 0 Å². The second kappa shape index (κ2) is 7.99. The average Bonchev–Trinajstić information content (AvgIpc) is 3.33. The molecule has 31 heavy (non-hydrogen) atoms. The van der Waals surface area contributed by atoms with Crippen molar-refractivity contribution in [2.24, 2.45) is 0 Å². The first-order chi connectivity index (χ1) is 14.5. The van der Waals surface area contributed by atoms with Crippen molar-refractivity contribution in [1.29, 1.82) is 0 Å². The SMILES string of the molecule is O=C1/C(=C\c2ccc(-c3cccc(OC(F)(F)F)c3)o2)SC(=S)N1C1CCS(=O)(=O)C1.